The minimum absolute atomic E-state index is 0.0563. The number of hydrogen-bond donors (Lipinski definition) is 2. The van der Waals surface area contributed by atoms with Gasteiger partial charge in [-0.1, -0.05) is 24.3 Å². The average Bonchev–Trinajstić information content (AvgIpc) is 2.77. The van der Waals surface area contributed by atoms with Crippen molar-refractivity contribution < 1.29 is 14.6 Å². The van der Waals surface area contributed by atoms with Gasteiger partial charge in [0.05, 0.1) is 13.2 Å². The van der Waals surface area contributed by atoms with E-state index >= 15 is 0 Å². The van der Waals surface area contributed by atoms with E-state index in [4.69, 9.17) is 4.74 Å². The van der Waals surface area contributed by atoms with Gasteiger partial charge in [0, 0.05) is 11.1 Å². The van der Waals surface area contributed by atoms with Crippen LogP contribution in [0.5, 0.6) is 11.5 Å². The summed E-state index contributed by atoms with van der Waals surface area (Å²) >= 11 is 0. The van der Waals surface area contributed by atoms with Gasteiger partial charge in [-0.2, -0.15) is 0 Å². The van der Waals surface area contributed by atoms with Crippen molar-refractivity contribution in [3.8, 4) is 22.6 Å². The first-order valence-electron chi connectivity index (χ1n) is 6.53. The molecule has 4 nitrogen and oxygen atoms in total. The zero-order chi connectivity index (χ0) is 13.9. The Balaban J connectivity index is 2.12. The molecule has 1 aliphatic heterocycles. The average molecular weight is 267 g/mol. The Morgan fingerprint density at radius 1 is 1.30 bits per heavy atom. The second-order valence-corrected chi connectivity index (χ2v) is 5.15. The van der Waals surface area contributed by atoms with Crippen LogP contribution in [0.3, 0.4) is 0 Å². The Morgan fingerprint density at radius 3 is 2.90 bits per heavy atom. The number of phenols is 1. The molecule has 0 bridgehead atoms. The van der Waals surface area contributed by atoms with Gasteiger partial charge in [0.15, 0.2) is 11.5 Å². The molecule has 20 heavy (non-hydrogen) atoms. The summed E-state index contributed by atoms with van der Waals surface area (Å²) in [5, 5.41) is 13.4. The summed E-state index contributed by atoms with van der Waals surface area (Å²) in [4.78, 5) is 12.1. The van der Waals surface area contributed by atoms with Crippen molar-refractivity contribution >= 4 is 5.91 Å². The highest BCUT2D eigenvalue weighted by Crippen LogP contribution is 2.50. The van der Waals surface area contributed by atoms with Crippen molar-refractivity contribution in [2.45, 2.75) is 12.5 Å². The molecule has 2 aromatic carbocycles. The van der Waals surface area contributed by atoms with Crippen LogP contribution >= 0.6 is 0 Å². The largest absolute Gasteiger partial charge is 0.504 e. The maximum absolute atomic E-state index is 12.1. The highest BCUT2D eigenvalue weighted by molar-refractivity contribution is 6.04. The van der Waals surface area contributed by atoms with Crippen molar-refractivity contribution in [2.24, 2.45) is 0 Å². The molecule has 0 unspecified atom stereocenters. The smallest absolute Gasteiger partial charge is 0.252 e. The number of methoxy groups -OCH3 is 1. The molecule has 2 aromatic rings. The number of rotatable bonds is 1. The number of carbonyl (C=O) groups excluding carboxylic acids is 1. The van der Waals surface area contributed by atoms with Crippen LogP contribution in [-0.4, -0.2) is 18.1 Å². The first-order valence-corrected chi connectivity index (χ1v) is 6.53. The second-order valence-electron chi connectivity index (χ2n) is 5.15. The minimum Gasteiger partial charge on any atom is -0.504 e. The van der Waals surface area contributed by atoms with Crippen LogP contribution in [0, 0.1) is 0 Å². The lowest BCUT2D eigenvalue weighted by Gasteiger charge is -2.25. The third-order valence-electron chi connectivity index (χ3n) is 4.13. The molecule has 0 saturated heterocycles. The summed E-state index contributed by atoms with van der Waals surface area (Å²) in [7, 11) is 1.49. The number of hydrogen-bond acceptors (Lipinski definition) is 3. The van der Waals surface area contributed by atoms with Crippen molar-refractivity contribution in [1.82, 2.24) is 5.32 Å². The Bertz CT molecular complexity index is 752. The maximum Gasteiger partial charge on any atom is 0.252 e. The summed E-state index contributed by atoms with van der Waals surface area (Å²) in [5.74, 6) is 0.350. The number of benzene rings is 2. The van der Waals surface area contributed by atoms with E-state index in [-0.39, 0.29) is 17.7 Å². The molecule has 0 fully saturated rings. The molecule has 4 heteroatoms. The number of aromatic hydroxyl groups is 1. The highest BCUT2D eigenvalue weighted by atomic mass is 16.5. The van der Waals surface area contributed by atoms with Crippen molar-refractivity contribution in [3.05, 3.63) is 47.0 Å². The molecule has 0 aromatic heterocycles. The van der Waals surface area contributed by atoms with Crippen molar-refractivity contribution in [3.63, 3.8) is 0 Å². The molecule has 1 aliphatic carbocycles. The minimum atomic E-state index is -0.0997. The lowest BCUT2D eigenvalue weighted by atomic mass is 9.81. The highest BCUT2D eigenvalue weighted by Gasteiger charge is 2.38. The maximum atomic E-state index is 12.1. The quantitative estimate of drug-likeness (QED) is 0.834. The van der Waals surface area contributed by atoms with Crippen LogP contribution in [0.2, 0.25) is 0 Å². The second kappa shape index (κ2) is 3.76. The first kappa shape index (κ1) is 11.3. The molecule has 4 rings (SSSR count). The molecule has 1 atom stereocenters. The Kier molecular flexibility index (Phi) is 2.13. The number of nitrogens with one attached hydrogen (secondary N) is 1. The van der Waals surface area contributed by atoms with Gasteiger partial charge in [-0.15, -0.1) is 0 Å². The van der Waals surface area contributed by atoms with Crippen molar-refractivity contribution in [1.29, 1.82) is 0 Å². The fourth-order valence-electron chi connectivity index (χ4n) is 3.26. The van der Waals surface area contributed by atoms with Gasteiger partial charge in [0.1, 0.15) is 0 Å². The lowest BCUT2D eigenvalue weighted by Crippen LogP contribution is -2.22. The number of fused-ring (bicyclic) bond motifs is 2. The van der Waals surface area contributed by atoms with Gasteiger partial charge in [-0.25, -0.2) is 0 Å². The van der Waals surface area contributed by atoms with Gasteiger partial charge in [-0.3, -0.25) is 4.79 Å². The van der Waals surface area contributed by atoms with Gasteiger partial charge >= 0.3 is 0 Å². The summed E-state index contributed by atoms with van der Waals surface area (Å²) in [6, 6.07) is 9.48. The van der Waals surface area contributed by atoms with E-state index < -0.39 is 0 Å². The molecular formula is C16H13NO3. The summed E-state index contributed by atoms with van der Waals surface area (Å²) in [6.07, 6.45) is 0.758. The lowest BCUT2D eigenvalue weighted by molar-refractivity contribution is 0.0956. The molecule has 0 radical (unpaired) electrons. The zero-order valence-corrected chi connectivity index (χ0v) is 10.9. The van der Waals surface area contributed by atoms with Crippen LogP contribution in [0.15, 0.2) is 30.3 Å². The Hall–Kier alpha value is -2.49. The van der Waals surface area contributed by atoms with E-state index in [9.17, 15) is 9.90 Å². The van der Waals surface area contributed by atoms with Crippen molar-refractivity contribution in [2.75, 3.05) is 7.11 Å². The Morgan fingerprint density at radius 2 is 2.10 bits per heavy atom. The molecule has 2 aliphatic rings. The summed E-state index contributed by atoms with van der Waals surface area (Å²) in [5.41, 5.74) is 4.33. The first-order chi connectivity index (χ1) is 9.70. The standard InChI is InChI=1S/C16H13NO3/c1-20-12-7-10-13-11(17-16(10)19)6-8-4-2-3-5-9(8)14(13)15(12)18/h2-5,7,11,18H,6H2,1H3,(H,17,19)/t11-/m1/s1. The monoisotopic (exact) mass is 267 g/mol. The molecule has 1 amide bonds. The fraction of sp³-hybridized carbons (Fsp3) is 0.188. The van der Waals surface area contributed by atoms with E-state index in [1.165, 1.54) is 7.11 Å². The van der Waals surface area contributed by atoms with Crippen LogP contribution in [-0.2, 0) is 6.42 Å². The van der Waals surface area contributed by atoms with Crippen LogP contribution in [0.25, 0.3) is 11.1 Å². The van der Waals surface area contributed by atoms with Crippen LogP contribution < -0.4 is 10.1 Å². The van der Waals surface area contributed by atoms with E-state index in [1.807, 2.05) is 24.3 Å². The Labute approximate surface area is 116 Å². The third kappa shape index (κ3) is 1.28. The van der Waals surface area contributed by atoms with Gasteiger partial charge < -0.3 is 15.2 Å². The summed E-state index contributed by atoms with van der Waals surface area (Å²) < 4.78 is 5.21. The van der Waals surface area contributed by atoms with E-state index in [0.29, 0.717) is 11.3 Å². The molecule has 100 valence electrons. The third-order valence-corrected chi connectivity index (χ3v) is 4.13. The normalized spacial score (nSPS) is 18.2. The molecule has 1 heterocycles. The van der Waals surface area contributed by atoms with E-state index in [1.54, 1.807) is 6.07 Å². The van der Waals surface area contributed by atoms with Crippen LogP contribution in [0.4, 0.5) is 0 Å². The van der Waals surface area contributed by atoms with Gasteiger partial charge in [-0.05, 0) is 29.2 Å². The number of carbonyl (C=O) groups is 1. The number of amides is 1. The molecular weight excluding hydrogens is 254 g/mol. The van der Waals surface area contributed by atoms with Crippen LogP contribution in [0.1, 0.15) is 27.5 Å². The van der Waals surface area contributed by atoms with Gasteiger partial charge in [0.25, 0.3) is 5.91 Å². The predicted octanol–water partition coefficient (Wildman–Crippen LogP) is 2.41. The number of phenolic OH excluding ortho intramolecular Hbond substituents is 1. The summed E-state index contributed by atoms with van der Waals surface area (Å²) in [6.45, 7) is 0. The van der Waals surface area contributed by atoms with E-state index in [2.05, 4.69) is 5.32 Å². The molecule has 2 N–H and O–H groups in total. The SMILES string of the molecule is COc1cc2c3c(c1O)-c1ccccc1C[C@H]3NC2=O. The van der Waals surface area contributed by atoms with Gasteiger partial charge in [0.2, 0.25) is 0 Å². The van der Waals surface area contributed by atoms with E-state index in [0.717, 1.165) is 28.7 Å². The predicted molar refractivity (Wildman–Crippen MR) is 74.0 cm³/mol. The topological polar surface area (TPSA) is 58.6 Å². The number of ether oxygens (including phenoxy) is 1. The molecule has 0 saturated carbocycles. The fourth-order valence-corrected chi connectivity index (χ4v) is 3.26. The molecule has 0 spiro atoms. The zero-order valence-electron chi connectivity index (χ0n) is 10.9.